The fourth-order valence-electron chi connectivity index (χ4n) is 2.75. The van der Waals surface area contributed by atoms with Gasteiger partial charge in [0.1, 0.15) is 5.01 Å². The van der Waals surface area contributed by atoms with Gasteiger partial charge in [-0.2, -0.15) is 0 Å². The van der Waals surface area contributed by atoms with E-state index in [4.69, 9.17) is 0 Å². The van der Waals surface area contributed by atoms with Crippen LogP contribution in [0.5, 0.6) is 0 Å². The van der Waals surface area contributed by atoms with E-state index in [1.165, 1.54) is 11.1 Å². The molecule has 0 radical (unpaired) electrons. The van der Waals surface area contributed by atoms with Crippen LogP contribution in [0.4, 0.5) is 0 Å². The van der Waals surface area contributed by atoms with Gasteiger partial charge in [0.15, 0.2) is 0 Å². The molecule has 0 aliphatic heterocycles. The molecule has 4 heteroatoms. The molecule has 1 aliphatic carbocycles. The summed E-state index contributed by atoms with van der Waals surface area (Å²) < 4.78 is 1.18. The number of amides is 1. The summed E-state index contributed by atoms with van der Waals surface area (Å²) >= 11 is 1.66. The molecular formula is C15H18N2OS. The van der Waals surface area contributed by atoms with Crippen molar-refractivity contribution in [3.63, 3.8) is 0 Å². The van der Waals surface area contributed by atoms with Crippen molar-refractivity contribution in [2.24, 2.45) is 11.8 Å². The molecule has 2 atom stereocenters. The van der Waals surface area contributed by atoms with Crippen LogP contribution in [-0.2, 0) is 11.3 Å². The van der Waals surface area contributed by atoms with Gasteiger partial charge in [0.05, 0.1) is 16.8 Å². The smallest absolute Gasteiger partial charge is 0.223 e. The van der Waals surface area contributed by atoms with E-state index >= 15 is 0 Å². The van der Waals surface area contributed by atoms with E-state index in [0.717, 1.165) is 23.4 Å². The standard InChI is InChI=1S/C15H18N2OS/c1-10-6-7-11(8-10)15(18)16-9-14-17-12-4-2-3-5-13(12)19-14/h2-5,10-11H,6-9H2,1H3,(H,16,18). The van der Waals surface area contributed by atoms with Crippen molar-refractivity contribution in [2.45, 2.75) is 32.7 Å². The fraction of sp³-hybridized carbons (Fsp3) is 0.467. The normalized spacial score (nSPS) is 22.8. The highest BCUT2D eigenvalue weighted by atomic mass is 32.1. The van der Waals surface area contributed by atoms with Gasteiger partial charge < -0.3 is 5.32 Å². The average molecular weight is 274 g/mol. The molecule has 0 saturated heterocycles. The highest BCUT2D eigenvalue weighted by Gasteiger charge is 2.27. The van der Waals surface area contributed by atoms with E-state index in [1.807, 2.05) is 18.2 Å². The highest BCUT2D eigenvalue weighted by Crippen LogP contribution is 2.30. The van der Waals surface area contributed by atoms with Crippen LogP contribution in [0.15, 0.2) is 24.3 Å². The van der Waals surface area contributed by atoms with Gasteiger partial charge in [-0.15, -0.1) is 11.3 Å². The minimum atomic E-state index is 0.198. The number of hydrogen-bond donors (Lipinski definition) is 1. The number of carbonyl (C=O) groups is 1. The van der Waals surface area contributed by atoms with Crippen molar-refractivity contribution >= 4 is 27.5 Å². The molecule has 2 aromatic rings. The van der Waals surface area contributed by atoms with Gasteiger partial charge in [0, 0.05) is 5.92 Å². The van der Waals surface area contributed by atoms with Crippen LogP contribution in [0, 0.1) is 11.8 Å². The molecule has 1 aromatic carbocycles. The summed E-state index contributed by atoms with van der Waals surface area (Å²) in [5, 5.41) is 4.02. The van der Waals surface area contributed by atoms with Crippen molar-refractivity contribution in [3.05, 3.63) is 29.3 Å². The maximum absolute atomic E-state index is 12.0. The Morgan fingerprint density at radius 2 is 2.26 bits per heavy atom. The van der Waals surface area contributed by atoms with E-state index in [9.17, 15) is 4.79 Å². The van der Waals surface area contributed by atoms with E-state index in [0.29, 0.717) is 12.5 Å². The molecule has 3 rings (SSSR count). The van der Waals surface area contributed by atoms with Crippen molar-refractivity contribution < 1.29 is 4.79 Å². The topological polar surface area (TPSA) is 42.0 Å². The van der Waals surface area contributed by atoms with Crippen molar-refractivity contribution in [1.29, 1.82) is 0 Å². The minimum absolute atomic E-state index is 0.198. The SMILES string of the molecule is CC1CCC(C(=O)NCc2nc3ccccc3s2)C1. The molecule has 1 heterocycles. The number of carbonyl (C=O) groups excluding carboxylic acids is 1. The van der Waals surface area contributed by atoms with Crippen LogP contribution >= 0.6 is 11.3 Å². The number of fused-ring (bicyclic) bond motifs is 1. The Kier molecular flexibility index (Phi) is 3.51. The van der Waals surface area contributed by atoms with Gasteiger partial charge in [0.2, 0.25) is 5.91 Å². The number of rotatable bonds is 3. The lowest BCUT2D eigenvalue weighted by atomic mass is 10.1. The first-order valence-electron chi connectivity index (χ1n) is 6.84. The summed E-state index contributed by atoms with van der Waals surface area (Å²) in [6.07, 6.45) is 3.25. The molecule has 0 bridgehead atoms. The molecule has 1 N–H and O–H groups in total. The van der Waals surface area contributed by atoms with Crippen LogP contribution in [-0.4, -0.2) is 10.9 Å². The number of benzene rings is 1. The van der Waals surface area contributed by atoms with Crippen LogP contribution in [0.25, 0.3) is 10.2 Å². The monoisotopic (exact) mass is 274 g/mol. The molecule has 3 nitrogen and oxygen atoms in total. The predicted molar refractivity (Wildman–Crippen MR) is 78.0 cm³/mol. The zero-order valence-electron chi connectivity index (χ0n) is 11.1. The third-order valence-electron chi connectivity index (χ3n) is 3.82. The molecule has 1 aliphatic rings. The number of nitrogens with zero attached hydrogens (tertiary/aromatic N) is 1. The molecule has 1 aromatic heterocycles. The molecule has 100 valence electrons. The minimum Gasteiger partial charge on any atom is -0.349 e. The average Bonchev–Trinajstić information content (AvgIpc) is 3.01. The van der Waals surface area contributed by atoms with E-state index in [-0.39, 0.29) is 11.8 Å². The third-order valence-corrected chi connectivity index (χ3v) is 4.85. The van der Waals surface area contributed by atoms with Crippen LogP contribution in [0.3, 0.4) is 0 Å². The summed E-state index contributed by atoms with van der Waals surface area (Å²) in [6, 6.07) is 8.08. The first-order chi connectivity index (χ1) is 9.22. The second-order valence-electron chi connectivity index (χ2n) is 5.41. The summed E-state index contributed by atoms with van der Waals surface area (Å²) in [5.74, 6) is 1.10. The summed E-state index contributed by atoms with van der Waals surface area (Å²) in [5.41, 5.74) is 1.02. The molecule has 0 spiro atoms. The lowest BCUT2D eigenvalue weighted by Gasteiger charge is -2.09. The van der Waals surface area contributed by atoms with Crippen LogP contribution in [0.1, 0.15) is 31.2 Å². The van der Waals surface area contributed by atoms with Crippen LogP contribution < -0.4 is 5.32 Å². The second-order valence-corrected chi connectivity index (χ2v) is 6.52. The number of thiazole rings is 1. The molecule has 1 saturated carbocycles. The Morgan fingerprint density at radius 1 is 1.42 bits per heavy atom. The van der Waals surface area contributed by atoms with Gasteiger partial charge in [-0.1, -0.05) is 19.1 Å². The van der Waals surface area contributed by atoms with Crippen molar-refractivity contribution in [3.8, 4) is 0 Å². The molecule has 1 amide bonds. The van der Waals surface area contributed by atoms with Gasteiger partial charge in [-0.3, -0.25) is 4.79 Å². The Hall–Kier alpha value is -1.42. The molecule has 2 unspecified atom stereocenters. The van der Waals surface area contributed by atoms with Gasteiger partial charge in [-0.25, -0.2) is 4.98 Å². The van der Waals surface area contributed by atoms with Gasteiger partial charge in [0.25, 0.3) is 0 Å². The first kappa shape index (κ1) is 12.6. The Bertz CT molecular complexity index is 560. The maximum atomic E-state index is 12.0. The fourth-order valence-corrected chi connectivity index (χ4v) is 3.65. The lowest BCUT2D eigenvalue weighted by Crippen LogP contribution is -2.28. The second kappa shape index (κ2) is 5.29. The first-order valence-corrected chi connectivity index (χ1v) is 7.66. The number of hydrogen-bond acceptors (Lipinski definition) is 3. The quantitative estimate of drug-likeness (QED) is 0.932. The third kappa shape index (κ3) is 2.78. The van der Waals surface area contributed by atoms with E-state index in [1.54, 1.807) is 11.3 Å². The Balaban J connectivity index is 1.61. The highest BCUT2D eigenvalue weighted by molar-refractivity contribution is 7.18. The summed E-state index contributed by atoms with van der Waals surface area (Å²) in [4.78, 5) is 16.6. The van der Waals surface area contributed by atoms with E-state index in [2.05, 4.69) is 23.3 Å². The van der Waals surface area contributed by atoms with Gasteiger partial charge in [-0.05, 0) is 37.3 Å². The van der Waals surface area contributed by atoms with E-state index < -0.39 is 0 Å². The van der Waals surface area contributed by atoms with Gasteiger partial charge >= 0.3 is 0 Å². The van der Waals surface area contributed by atoms with Crippen LogP contribution in [0.2, 0.25) is 0 Å². The number of aromatic nitrogens is 1. The molecule has 1 fully saturated rings. The zero-order valence-corrected chi connectivity index (χ0v) is 11.9. The molecule has 19 heavy (non-hydrogen) atoms. The number of nitrogens with one attached hydrogen (secondary N) is 1. The Morgan fingerprint density at radius 3 is 3.00 bits per heavy atom. The number of para-hydroxylation sites is 1. The van der Waals surface area contributed by atoms with Crippen molar-refractivity contribution in [1.82, 2.24) is 10.3 Å². The Labute approximate surface area is 117 Å². The lowest BCUT2D eigenvalue weighted by molar-refractivity contribution is -0.125. The maximum Gasteiger partial charge on any atom is 0.223 e. The summed E-state index contributed by atoms with van der Waals surface area (Å²) in [7, 11) is 0. The largest absolute Gasteiger partial charge is 0.349 e. The molecular weight excluding hydrogens is 256 g/mol. The summed E-state index contributed by atoms with van der Waals surface area (Å²) in [6.45, 7) is 2.78. The zero-order chi connectivity index (χ0) is 13.2. The predicted octanol–water partition coefficient (Wildman–Crippen LogP) is 3.35. The van der Waals surface area contributed by atoms with Crippen molar-refractivity contribution in [2.75, 3.05) is 0 Å².